The Morgan fingerprint density at radius 3 is 2.65 bits per heavy atom. The summed E-state index contributed by atoms with van der Waals surface area (Å²) in [7, 11) is 0. The van der Waals surface area contributed by atoms with Crippen molar-refractivity contribution in [1.82, 2.24) is 4.90 Å². The lowest BCUT2D eigenvalue weighted by atomic mass is 10.1. The average molecular weight is 295 g/mol. The zero-order valence-electron chi connectivity index (χ0n) is 8.95. The SMILES string of the molecule is O=C(O)C(c1ccc(Br)cc1)N1C=NC=CC1. The first kappa shape index (κ1) is 11.9. The molecule has 1 N–H and O–H groups in total. The van der Waals surface area contributed by atoms with E-state index in [1.807, 2.05) is 18.2 Å². The molecular formula is C12H11BrN2O2. The van der Waals surface area contributed by atoms with Crippen molar-refractivity contribution in [3.63, 3.8) is 0 Å². The van der Waals surface area contributed by atoms with Gasteiger partial charge in [0.05, 0.1) is 6.34 Å². The Bertz CT molecular complexity index is 468. The second kappa shape index (κ2) is 5.14. The van der Waals surface area contributed by atoms with Crippen molar-refractivity contribution in [1.29, 1.82) is 0 Å². The van der Waals surface area contributed by atoms with Crippen molar-refractivity contribution in [3.8, 4) is 0 Å². The number of carboxylic acid groups (broad SMARTS) is 1. The lowest BCUT2D eigenvalue weighted by molar-refractivity contribution is -0.141. The van der Waals surface area contributed by atoms with Gasteiger partial charge in [-0.25, -0.2) is 9.79 Å². The van der Waals surface area contributed by atoms with Gasteiger partial charge in [-0.05, 0) is 23.8 Å². The van der Waals surface area contributed by atoms with E-state index in [1.54, 1.807) is 29.6 Å². The van der Waals surface area contributed by atoms with E-state index in [4.69, 9.17) is 0 Å². The molecule has 0 saturated carbocycles. The molecule has 0 aliphatic carbocycles. The fourth-order valence-electron chi connectivity index (χ4n) is 1.69. The first-order chi connectivity index (χ1) is 8.18. The molecule has 5 heteroatoms. The predicted molar refractivity (Wildman–Crippen MR) is 68.9 cm³/mol. The lowest BCUT2D eigenvalue weighted by Gasteiger charge is -2.27. The van der Waals surface area contributed by atoms with Gasteiger partial charge in [0.1, 0.15) is 0 Å². The molecule has 2 rings (SSSR count). The summed E-state index contributed by atoms with van der Waals surface area (Å²) in [5.41, 5.74) is 0.738. The summed E-state index contributed by atoms with van der Waals surface area (Å²) in [6.07, 6.45) is 5.05. The normalized spacial score (nSPS) is 15.9. The number of rotatable bonds is 3. The molecule has 1 aromatic rings. The van der Waals surface area contributed by atoms with Crippen LogP contribution in [0.3, 0.4) is 0 Å². The maximum atomic E-state index is 11.3. The zero-order chi connectivity index (χ0) is 12.3. The molecular weight excluding hydrogens is 284 g/mol. The van der Waals surface area contributed by atoms with E-state index in [1.165, 1.54) is 0 Å². The number of nitrogens with zero attached hydrogens (tertiary/aromatic N) is 2. The minimum Gasteiger partial charge on any atom is -0.479 e. The van der Waals surface area contributed by atoms with Crippen molar-refractivity contribution in [2.75, 3.05) is 6.54 Å². The average Bonchev–Trinajstić information content (AvgIpc) is 2.33. The van der Waals surface area contributed by atoms with Gasteiger partial charge in [0, 0.05) is 17.2 Å². The van der Waals surface area contributed by atoms with Crippen molar-refractivity contribution >= 4 is 28.2 Å². The summed E-state index contributed by atoms with van der Waals surface area (Å²) in [5.74, 6) is -0.880. The van der Waals surface area contributed by atoms with Gasteiger partial charge < -0.3 is 10.0 Å². The Balaban J connectivity index is 2.29. The number of aliphatic imine (C=N–C) groups is 1. The van der Waals surface area contributed by atoms with Crippen molar-refractivity contribution in [2.24, 2.45) is 4.99 Å². The third-order valence-electron chi connectivity index (χ3n) is 2.47. The molecule has 0 aromatic heterocycles. The molecule has 1 aromatic carbocycles. The molecule has 88 valence electrons. The Morgan fingerprint density at radius 1 is 1.41 bits per heavy atom. The Hall–Kier alpha value is -1.62. The molecule has 4 nitrogen and oxygen atoms in total. The molecule has 1 heterocycles. The minimum atomic E-state index is -0.880. The molecule has 1 aliphatic heterocycles. The first-order valence-electron chi connectivity index (χ1n) is 5.11. The molecule has 0 spiro atoms. The summed E-state index contributed by atoms with van der Waals surface area (Å²) in [4.78, 5) is 17.0. The smallest absolute Gasteiger partial charge is 0.331 e. The van der Waals surface area contributed by atoms with Gasteiger partial charge in [-0.3, -0.25) is 0 Å². The number of hydrogen-bond donors (Lipinski definition) is 1. The summed E-state index contributed by atoms with van der Waals surface area (Å²) < 4.78 is 0.928. The summed E-state index contributed by atoms with van der Waals surface area (Å²) in [5, 5.41) is 9.31. The van der Waals surface area contributed by atoms with Gasteiger partial charge in [0.15, 0.2) is 6.04 Å². The van der Waals surface area contributed by atoms with Gasteiger partial charge in [-0.1, -0.05) is 28.1 Å². The number of carboxylic acids is 1. The van der Waals surface area contributed by atoms with Crippen LogP contribution in [0.25, 0.3) is 0 Å². The standard InChI is InChI=1S/C12H11BrN2O2/c13-10-4-2-9(3-5-10)11(12(16)17)15-7-1-6-14-8-15/h1-6,8,11H,7H2,(H,16,17). The Morgan fingerprint density at radius 2 is 2.12 bits per heavy atom. The molecule has 0 amide bonds. The highest BCUT2D eigenvalue weighted by Gasteiger charge is 2.25. The van der Waals surface area contributed by atoms with E-state index in [0.717, 1.165) is 10.0 Å². The van der Waals surface area contributed by atoms with Crippen LogP contribution in [-0.2, 0) is 4.79 Å². The highest BCUT2D eigenvalue weighted by Crippen LogP contribution is 2.22. The van der Waals surface area contributed by atoms with Crippen LogP contribution in [0, 0.1) is 0 Å². The van der Waals surface area contributed by atoms with Crippen molar-refractivity contribution < 1.29 is 9.90 Å². The van der Waals surface area contributed by atoms with Crippen LogP contribution in [-0.4, -0.2) is 28.9 Å². The Kier molecular flexibility index (Phi) is 3.58. The van der Waals surface area contributed by atoms with Crippen LogP contribution in [0.15, 0.2) is 46.0 Å². The van der Waals surface area contributed by atoms with Crippen molar-refractivity contribution in [2.45, 2.75) is 6.04 Å². The van der Waals surface area contributed by atoms with E-state index in [-0.39, 0.29) is 0 Å². The Labute approximate surface area is 107 Å². The molecule has 0 bridgehead atoms. The van der Waals surface area contributed by atoms with E-state index in [2.05, 4.69) is 20.9 Å². The molecule has 1 aliphatic rings. The minimum absolute atomic E-state index is 0.552. The summed E-state index contributed by atoms with van der Waals surface area (Å²) >= 11 is 3.33. The largest absolute Gasteiger partial charge is 0.479 e. The molecule has 1 atom stereocenters. The monoisotopic (exact) mass is 294 g/mol. The van der Waals surface area contributed by atoms with Crippen LogP contribution in [0.4, 0.5) is 0 Å². The fourth-order valence-corrected chi connectivity index (χ4v) is 1.96. The van der Waals surface area contributed by atoms with Crippen LogP contribution in [0.5, 0.6) is 0 Å². The second-order valence-electron chi connectivity index (χ2n) is 3.64. The number of halogens is 1. The maximum Gasteiger partial charge on any atom is 0.331 e. The van der Waals surface area contributed by atoms with Crippen LogP contribution in [0.1, 0.15) is 11.6 Å². The molecule has 0 radical (unpaired) electrons. The number of aliphatic carboxylic acids is 1. The van der Waals surface area contributed by atoms with Gasteiger partial charge in [-0.15, -0.1) is 0 Å². The molecule has 1 unspecified atom stereocenters. The van der Waals surface area contributed by atoms with E-state index >= 15 is 0 Å². The van der Waals surface area contributed by atoms with Crippen LogP contribution >= 0.6 is 15.9 Å². The second-order valence-corrected chi connectivity index (χ2v) is 4.55. The quantitative estimate of drug-likeness (QED) is 0.931. The molecule has 17 heavy (non-hydrogen) atoms. The van der Waals surface area contributed by atoms with E-state index in [9.17, 15) is 9.90 Å². The first-order valence-corrected chi connectivity index (χ1v) is 5.90. The van der Waals surface area contributed by atoms with Crippen LogP contribution < -0.4 is 0 Å². The van der Waals surface area contributed by atoms with Gasteiger partial charge in [0.25, 0.3) is 0 Å². The number of carbonyl (C=O) groups is 1. The lowest BCUT2D eigenvalue weighted by Crippen LogP contribution is -2.34. The van der Waals surface area contributed by atoms with E-state index in [0.29, 0.717) is 6.54 Å². The third-order valence-corrected chi connectivity index (χ3v) is 3.00. The van der Waals surface area contributed by atoms with Gasteiger partial charge in [0.2, 0.25) is 0 Å². The van der Waals surface area contributed by atoms with Crippen LogP contribution in [0.2, 0.25) is 0 Å². The van der Waals surface area contributed by atoms with Crippen molar-refractivity contribution in [3.05, 3.63) is 46.6 Å². The predicted octanol–water partition coefficient (Wildman–Crippen LogP) is 2.43. The summed E-state index contributed by atoms with van der Waals surface area (Å²) in [6, 6.07) is 6.57. The topological polar surface area (TPSA) is 52.9 Å². The highest BCUT2D eigenvalue weighted by atomic mass is 79.9. The summed E-state index contributed by atoms with van der Waals surface area (Å²) in [6.45, 7) is 0.552. The molecule has 0 fully saturated rings. The van der Waals surface area contributed by atoms with Gasteiger partial charge in [-0.2, -0.15) is 0 Å². The zero-order valence-corrected chi connectivity index (χ0v) is 10.5. The maximum absolute atomic E-state index is 11.3. The number of hydrogen-bond acceptors (Lipinski definition) is 3. The third kappa shape index (κ3) is 2.74. The number of benzene rings is 1. The van der Waals surface area contributed by atoms with Gasteiger partial charge >= 0.3 is 5.97 Å². The molecule has 0 saturated heterocycles. The highest BCUT2D eigenvalue weighted by molar-refractivity contribution is 9.10. The fraction of sp³-hybridized carbons (Fsp3) is 0.167. The van der Waals surface area contributed by atoms with E-state index < -0.39 is 12.0 Å².